The Balaban J connectivity index is 0.00000253. The second-order valence-corrected chi connectivity index (χ2v) is 21.1. The lowest BCUT2D eigenvalue weighted by Gasteiger charge is -2.41. The first-order chi connectivity index (χ1) is 40.2. The first kappa shape index (κ1) is 72.0. The van der Waals surface area contributed by atoms with Crippen LogP contribution in [0.25, 0.3) is 11.1 Å². The number of carboxylic acid groups (broad SMARTS) is 3. The Bertz CT molecular complexity index is 2690. The van der Waals surface area contributed by atoms with Crippen LogP contribution in [-0.2, 0) is 68.6 Å². The first-order valence-corrected chi connectivity index (χ1v) is 28.1. The molecule has 8 N–H and O–H groups in total. The van der Waals surface area contributed by atoms with Crippen molar-refractivity contribution in [3.63, 3.8) is 0 Å². The Morgan fingerprint density at radius 1 is 0.741 bits per heavy atom. The maximum atomic E-state index is 15.2. The first-order valence-electron chi connectivity index (χ1n) is 27.0. The van der Waals surface area contributed by atoms with Crippen LogP contribution >= 0.6 is 11.8 Å². The lowest BCUT2D eigenvalue weighted by molar-refractivity contribution is -0.192. The summed E-state index contributed by atoms with van der Waals surface area (Å²) in [6, 6.07) is 11.2. The molecule has 0 aliphatic carbocycles. The van der Waals surface area contributed by atoms with Crippen molar-refractivity contribution >= 4 is 65.1 Å². The molecular formula is C56H74F5N7O16S. The molecule has 3 aromatic rings. The molecule has 85 heavy (non-hydrogen) atoms. The number of benzene rings is 2. The van der Waals surface area contributed by atoms with Crippen molar-refractivity contribution in [1.29, 1.82) is 0 Å². The van der Waals surface area contributed by atoms with Gasteiger partial charge in [0.25, 0.3) is 11.8 Å². The molecule has 1 aliphatic heterocycles. The number of amides is 6. The number of carbonyl (C=O) groups is 9. The maximum Gasteiger partial charge on any atom is 0.490 e. The Labute approximate surface area is 492 Å². The van der Waals surface area contributed by atoms with Gasteiger partial charge < -0.3 is 65.4 Å². The number of aliphatic carboxylic acids is 3. The van der Waals surface area contributed by atoms with E-state index in [1.54, 1.807) is 17.2 Å². The van der Waals surface area contributed by atoms with E-state index < -0.39 is 89.3 Å². The molecule has 0 saturated carbocycles. The molecule has 0 fully saturated rings. The molecule has 0 saturated heterocycles. The summed E-state index contributed by atoms with van der Waals surface area (Å²) in [6.07, 6.45) is -1.72. The maximum absolute atomic E-state index is 15.2. The Morgan fingerprint density at radius 2 is 1.34 bits per heavy atom. The zero-order valence-electron chi connectivity index (χ0n) is 47.4. The van der Waals surface area contributed by atoms with E-state index in [-0.39, 0.29) is 134 Å². The fourth-order valence-corrected chi connectivity index (χ4v) is 9.08. The van der Waals surface area contributed by atoms with Crippen LogP contribution in [0.2, 0.25) is 0 Å². The van der Waals surface area contributed by atoms with Crippen LogP contribution in [0.15, 0.2) is 72.9 Å². The fraction of sp³-hybridized carbons (Fsp3) is 0.518. The van der Waals surface area contributed by atoms with E-state index in [0.29, 0.717) is 24.2 Å². The zero-order chi connectivity index (χ0) is 63.1. The number of nitrogens with one attached hydrogen (secondary N) is 3. The third-order valence-corrected chi connectivity index (χ3v) is 13.2. The molecule has 23 nitrogen and oxygen atoms in total. The Morgan fingerprint density at radius 3 is 1.91 bits per heavy atom. The number of hydrogen-bond acceptors (Lipinski definition) is 15. The van der Waals surface area contributed by atoms with Gasteiger partial charge in [0.15, 0.2) is 0 Å². The summed E-state index contributed by atoms with van der Waals surface area (Å²) in [6.45, 7) is 8.61. The number of alkyl halides is 3. The number of imide groups is 1. The van der Waals surface area contributed by atoms with Crippen molar-refractivity contribution in [3.8, 4) is 11.1 Å². The van der Waals surface area contributed by atoms with Gasteiger partial charge in [0, 0.05) is 80.6 Å². The molecule has 470 valence electrons. The highest BCUT2D eigenvalue weighted by molar-refractivity contribution is 7.99. The van der Waals surface area contributed by atoms with Gasteiger partial charge >= 0.3 is 24.1 Å². The number of ether oxygens (including phenoxy) is 4. The SMILES string of the molecule is CC(C)(C)[C@H](c1cc(-c2cc(F)ccc2F)cn1Cc1ccccc1)N(CCCN)C(=O)CSCCC(NC(=O)[C@H](CCC(=O)O)NC(=O)CCOCCOCCOCCOCCNC(=O)CCN1C(=O)C=CC1=O)C(=O)O.O=C(O)C(F)(F)F. The lowest BCUT2D eigenvalue weighted by atomic mass is 9.83. The van der Waals surface area contributed by atoms with Crippen LogP contribution in [0, 0.1) is 17.0 Å². The second kappa shape index (κ2) is 37.2. The van der Waals surface area contributed by atoms with Gasteiger partial charge in [0.2, 0.25) is 23.6 Å². The van der Waals surface area contributed by atoms with Crippen LogP contribution in [0.3, 0.4) is 0 Å². The summed E-state index contributed by atoms with van der Waals surface area (Å²) in [5.74, 6) is -9.58. The predicted octanol–water partition coefficient (Wildman–Crippen LogP) is 4.31. The van der Waals surface area contributed by atoms with E-state index in [2.05, 4.69) is 16.0 Å². The van der Waals surface area contributed by atoms with Gasteiger partial charge in [0.05, 0.1) is 64.6 Å². The summed E-state index contributed by atoms with van der Waals surface area (Å²) in [4.78, 5) is 111. The van der Waals surface area contributed by atoms with Gasteiger partial charge in [-0.25, -0.2) is 18.4 Å². The van der Waals surface area contributed by atoms with Gasteiger partial charge in [-0.05, 0) is 66.8 Å². The van der Waals surface area contributed by atoms with Crippen LogP contribution in [0.1, 0.15) is 76.6 Å². The Hall–Kier alpha value is -7.31. The van der Waals surface area contributed by atoms with E-state index in [1.807, 2.05) is 55.7 Å². The van der Waals surface area contributed by atoms with Crippen molar-refractivity contribution in [2.24, 2.45) is 11.1 Å². The number of halogens is 5. The standard InChI is InChI=1S/C54H73F2N7O14S.C2HF3O2/c1-54(2,3)51(44-32-38(40-33-39(55)10-11-41(40)56)35-61(44)34-37-8-5-4-6-9-37)63(21-7-19-57)49(68)36-78-31-18-43(53(72)73)60-52(71)42(12-15-50(69)70)59-46(65)17-23-74-25-27-76-29-30-77-28-26-75-24-20-58-45(64)16-22-62-47(66)13-14-48(62)67;3-2(4,5)1(6)7/h4-6,8-11,13-14,32-33,35,42-43,51H,7,12,15-31,34,36,57H2,1-3H3,(H,58,64)(H,59,65)(H,60,71)(H,69,70)(H,72,73);(H,6,7)/t42-,43?,51-;/m0./s1. The third-order valence-electron chi connectivity index (χ3n) is 12.3. The van der Waals surface area contributed by atoms with Crippen molar-refractivity contribution in [3.05, 3.63) is 95.8 Å². The molecule has 1 unspecified atom stereocenters. The van der Waals surface area contributed by atoms with Crippen LogP contribution in [-0.4, -0.2) is 192 Å². The molecular weight excluding hydrogens is 1150 g/mol. The quantitative estimate of drug-likeness (QED) is 0.0239. The molecule has 1 aromatic heterocycles. The number of carboxylic acids is 3. The average Bonchev–Trinajstić information content (AvgIpc) is 2.43. The molecule has 3 atom stereocenters. The minimum absolute atomic E-state index is 0.00211. The van der Waals surface area contributed by atoms with Gasteiger partial charge in [-0.15, -0.1) is 0 Å². The van der Waals surface area contributed by atoms with Gasteiger partial charge in [-0.3, -0.25) is 38.5 Å². The van der Waals surface area contributed by atoms with Crippen LogP contribution in [0.5, 0.6) is 0 Å². The minimum Gasteiger partial charge on any atom is -0.481 e. The zero-order valence-corrected chi connectivity index (χ0v) is 48.2. The number of rotatable bonds is 38. The summed E-state index contributed by atoms with van der Waals surface area (Å²) < 4.78 is 85.1. The van der Waals surface area contributed by atoms with E-state index in [4.69, 9.17) is 34.6 Å². The summed E-state index contributed by atoms with van der Waals surface area (Å²) >= 11 is 1.15. The number of thioether (sulfide) groups is 1. The van der Waals surface area contributed by atoms with Crippen LogP contribution < -0.4 is 21.7 Å². The monoisotopic (exact) mass is 1230 g/mol. The highest BCUT2D eigenvalue weighted by Gasteiger charge is 2.39. The number of nitrogens with zero attached hydrogens (tertiary/aromatic N) is 3. The molecule has 0 spiro atoms. The predicted molar refractivity (Wildman–Crippen MR) is 298 cm³/mol. The minimum atomic E-state index is -5.08. The van der Waals surface area contributed by atoms with Crippen molar-refractivity contribution < 1.29 is 99.4 Å². The van der Waals surface area contributed by atoms with Gasteiger partial charge in [-0.2, -0.15) is 24.9 Å². The third kappa shape index (κ3) is 27.1. The summed E-state index contributed by atoms with van der Waals surface area (Å²) in [5.41, 5.74) is 7.48. The van der Waals surface area contributed by atoms with Gasteiger partial charge in [-0.1, -0.05) is 51.1 Å². The van der Waals surface area contributed by atoms with Crippen LogP contribution in [0.4, 0.5) is 22.0 Å². The van der Waals surface area contributed by atoms with Gasteiger partial charge in [0.1, 0.15) is 23.7 Å². The second-order valence-electron chi connectivity index (χ2n) is 19.9. The summed E-state index contributed by atoms with van der Waals surface area (Å²) in [5, 5.41) is 34.1. The van der Waals surface area contributed by atoms with Crippen molar-refractivity contribution in [2.45, 2.75) is 90.1 Å². The molecule has 0 radical (unpaired) electrons. The smallest absolute Gasteiger partial charge is 0.481 e. The van der Waals surface area contributed by atoms with E-state index in [9.17, 15) is 66.1 Å². The fourth-order valence-electron chi connectivity index (χ4n) is 8.19. The normalized spacial score (nSPS) is 13.4. The largest absolute Gasteiger partial charge is 0.490 e. The van der Waals surface area contributed by atoms with E-state index in [1.165, 1.54) is 0 Å². The number of nitrogens with two attached hydrogens (primary N) is 1. The average molecular weight is 1230 g/mol. The number of carbonyl (C=O) groups excluding carboxylic acids is 6. The molecule has 2 heterocycles. The molecule has 1 aliphatic rings. The summed E-state index contributed by atoms with van der Waals surface area (Å²) in [7, 11) is 0. The van der Waals surface area contributed by atoms with E-state index >= 15 is 4.39 Å². The number of aromatic nitrogens is 1. The molecule has 6 amide bonds. The molecule has 29 heteroatoms. The highest BCUT2D eigenvalue weighted by Crippen LogP contribution is 2.41. The molecule has 4 rings (SSSR count). The number of hydrogen-bond donors (Lipinski definition) is 7. The highest BCUT2D eigenvalue weighted by atomic mass is 32.2. The van der Waals surface area contributed by atoms with Crippen molar-refractivity contribution in [1.82, 2.24) is 30.3 Å². The lowest BCUT2D eigenvalue weighted by Crippen LogP contribution is -2.52. The topological polar surface area (TPSA) is 325 Å². The molecule has 0 bridgehead atoms. The molecule has 2 aromatic carbocycles. The van der Waals surface area contributed by atoms with E-state index in [0.717, 1.165) is 52.6 Å². The Kier molecular flexibility index (Phi) is 31.5. The van der Waals surface area contributed by atoms with Crippen molar-refractivity contribution in [2.75, 3.05) is 90.5 Å².